The Labute approximate surface area is 95.2 Å². The largest absolute Gasteiger partial charge is 0.338 e. The third kappa shape index (κ3) is 5.54. The summed E-state index contributed by atoms with van der Waals surface area (Å²) in [6.45, 7) is 2.40. The quantitative estimate of drug-likeness (QED) is 0.692. The van der Waals surface area contributed by atoms with Gasteiger partial charge < -0.3 is 5.32 Å². The molecule has 0 aromatic heterocycles. The molecule has 94 valence electrons. The van der Waals surface area contributed by atoms with E-state index < -0.39 is 22.1 Å². The van der Waals surface area contributed by atoms with Gasteiger partial charge in [0.25, 0.3) is 0 Å². The number of amides is 4. The molecule has 0 spiro atoms. The maximum atomic E-state index is 11.2. The van der Waals surface area contributed by atoms with Crippen molar-refractivity contribution in [1.82, 2.24) is 14.9 Å². The number of hydrogen-bond donors (Lipinski definition) is 2. The Morgan fingerprint density at radius 1 is 1.31 bits per heavy atom. The second-order valence-corrected chi connectivity index (χ2v) is 5.28. The number of urea groups is 2. The number of unbranched alkanes of at least 4 members (excludes halogenated alkanes) is 1. The van der Waals surface area contributed by atoms with E-state index in [0.717, 1.165) is 26.1 Å². The van der Waals surface area contributed by atoms with Gasteiger partial charge in [0.1, 0.15) is 0 Å². The maximum absolute atomic E-state index is 11.2. The van der Waals surface area contributed by atoms with Crippen molar-refractivity contribution in [2.45, 2.75) is 19.8 Å². The van der Waals surface area contributed by atoms with Crippen LogP contribution in [0.5, 0.6) is 0 Å². The van der Waals surface area contributed by atoms with Crippen molar-refractivity contribution < 1.29 is 18.0 Å². The van der Waals surface area contributed by atoms with E-state index in [9.17, 15) is 18.0 Å². The average molecular weight is 251 g/mol. The Kier molecular flexibility index (Phi) is 5.79. The Bertz CT molecular complexity index is 352. The molecule has 0 rings (SSSR count). The SMILES string of the molecule is CCCCNC(=O)NC(=O)N(C)S(C)(=O)=O. The van der Waals surface area contributed by atoms with Crippen molar-refractivity contribution in [2.75, 3.05) is 19.8 Å². The molecule has 0 bridgehead atoms. The van der Waals surface area contributed by atoms with Gasteiger partial charge in [-0.05, 0) is 6.42 Å². The number of imide groups is 1. The Morgan fingerprint density at radius 3 is 2.31 bits per heavy atom. The van der Waals surface area contributed by atoms with Gasteiger partial charge in [-0.3, -0.25) is 5.32 Å². The smallest absolute Gasteiger partial charge is 0.338 e. The molecule has 0 saturated carbocycles. The molecule has 0 aromatic carbocycles. The molecule has 0 atom stereocenters. The number of rotatable bonds is 4. The van der Waals surface area contributed by atoms with Crippen LogP contribution in [0.2, 0.25) is 0 Å². The summed E-state index contributed by atoms with van der Waals surface area (Å²) in [5.41, 5.74) is 0. The number of carbonyl (C=O) groups excluding carboxylic acids is 2. The zero-order valence-corrected chi connectivity index (χ0v) is 10.4. The molecule has 4 amide bonds. The van der Waals surface area contributed by atoms with Crippen LogP contribution in [-0.2, 0) is 10.0 Å². The van der Waals surface area contributed by atoms with E-state index in [-0.39, 0.29) is 0 Å². The highest BCUT2D eigenvalue weighted by Crippen LogP contribution is 1.93. The molecular formula is C8H17N3O4S. The van der Waals surface area contributed by atoms with Gasteiger partial charge in [0.05, 0.1) is 6.26 Å². The lowest BCUT2D eigenvalue weighted by Gasteiger charge is -2.14. The lowest BCUT2D eigenvalue weighted by molar-refractivity contribution is 0.219. The van der Waals surface area contributed by atoms with Crippen LogP contribution >= 0.6 is 0 Å². The van der Waals surface area contributed by atoms with E-state index in [1.807, 2.05) is 12.2 Å². The van der Waals surface area contributed by atoms with Crippen LogP contribution in [0.15, 0.2) is 0 Å². The molecule has 0 aromatic rings. The highest BCUT2D eigenvalue weighted by Gasteiger charge is 2.19. The van der Waals surface area contributed by atoms with Crippen molar-refractivity contribution in [1.29, 1.82) is 0 Å². The van der Waals surface area contributed by atoms with Gasteiger partial charge >= 0.3 is 12.1 Å². The van der Waals surface area contributed by atoms with Gasteiger partial charge in [-0.25, -0.2) is 22.3 Å². The number of carbonyl (C=O) groups is 2. The normalized spacial score (nSPS) is 10.7. The van der Waals surface area contributed by atoms with E-state index >= 15 is 0 Å². The van der Waals surface area contributed by atoms with Gasteiger partial charge in [-0.15, -0.1) is 0 Å². The minimum Gasteiger partial charge on any atom is -0.338 e. The minimum absolute atomic E-state index is 0.443. The Hall–Kier alpha value is -1.31. The van der Waals surface area contributed by atoms with Gasteiger partial charge in [0.2, 0.25) is 10.0 Å². The number of hydrogen-bond acceptors (Lipinski definition) is 4. The molecule has 0 radical (unpaired) electrons. The summed E-state index contributed by atoms with van der Waals surface area (Å²) in [4.78, 5) is 22.3. The summed E-state index contributed by atoms with van der Waals surface area (Å²) >= 11 is 0. The fourth-order valence-electron chi connectivity index (χ4n) is 0.749. The summed E-state index contributed by atoms with van der Waals surface area (Å²) in [7, 11) is -2.56. The molecule has 0 unspecified atom stereocenters. The van der Waals surface area contributed by atoms with Crippen LogP contribution in [0.3, 0.4) is 0 Å². The molecular weight excluding hydrogens is 234 g/mol. The number of nitrogens with zero attached hydrogens (tertiary/aromatic N) is 1. The summed E-state index contributed by atoms with van der Waals surface area (Å²) in [6, 6.07) is -1.68. The predicted molar refractivity (Wildman–Crippen MR) is 59.4 cm³/mol. The zero-order chi connectivity index (χ0) is 12.8. The van der Waals surface area contributed by atoms with Gasteiger partial charge in [-0.2, -0.15) is 0 Å². The molecule has 0 aliphatic heterocycles. The van der Waals surface area contributed by atoms with Gasteiger partial charge in [0, 0.05) is 13.6 Å². The molecule has 16 heavy (non-hydrogen) atoms. The monoisotopic (exact) mass is 251 g/mol. The van der Waals surface area contributed by atoms with E-state index in [0.29, 0.717) is 10.8 Å². The molecule has 7 nitrogen and oxygen atoms in total. The summed E-state index contributed by atoms with van der Waals surface area (Å²) < 4.78 is 22.4. The topological polar surface area (TPSA) is 95.6 Å². The lowest BCUT2D eigenvalue weighted by Crippen LogP contribution is -2.47. The van der Waals surface area contributed by atoms with Gasteiger partial charge in [-0.1, -0.05) is 13.3 Å². The van der Waals surface area contributed by atoms with Crippen LogP contribution in [0.4, 0.5) is 9.59 Å². The highest BCUT2D eigenvalue weighted by molar-refractivity contribution is 7.88. The van der Waals surface area contributed by atoms with Gasteiger partial charge in [0.15, 0.2) is 0 Å². The van der Waals surface area contributed by atoms with E-state index in [1.165, 1.54) is 0 Å². The molecule has 0 aliphatic carbocycles. The molecule has 0 aliphatic rings. The number of sulfonamides is 1. The minimum atomic E-state index is -3.63. The fourth-order valence-corrected chi connectivity index (χ4v) is 1.10. The van der Waals surface area contributed by atoms with Crippen molar-refractivity contribution >= 4 is 22.1 Å². The molecule has 0 fully saturated rings. The maximum Gasteiger partial charge on any atom is 0.338 e. The number of nitrogens with one attached hydrogen (secondary N) is 2. The van der Waals surface area contributed by atoms with Crippen molar-refractivity contribution in [3.8, 4) is 0 Å². The molecule has 0 heterocycles. The first-order valence-electron chi connectivity index (χ1n) is 4.81. The van der Waals surface area contributed by atoms with Crippen LogP contribution in [0.1, 0.15) is 19.8 Å². The lowest BCUT2D eigenvalue weighted by atomic mass is 10.3. The Morgan fingerprint density at radius 2 is 1.88 bits per heavy atom. The third-order valence-corrected chi connectivity index (χ3v) is 2.98. The second kappa shape index (κ2) is 6.31. The molecule has 2 N–H and O–H groups in total. The van der Waals surface area contributed by atoms with Crippen LogP contribution in [0.25, 0.3) is 0 Å². The summed E-state index contributed by atoms with van der Waals surface area (Å²) in [6.07, 6.45) is 2.59. The third-order valence-electron chi connectivity index (χ3n) is 1.82. The predicted octanol–water partition coefficient (Wildman–Crippen LogP) is 0.0971. The van der Waals surface area contributed by atoms with Crippen LogP contribution < -0.4 is 10.6 Å². The zero-order valence-electron chi connectivity index (χ0n) is 9.61. The van der Waals surface area contributed by atoms with Crippen molar-refractivity contribution in [3.05, 3.63) is 0 Å². The van der Waals surface area contributed by atoms with Crippen molar-refractivity contribution in [3.63, 3.8) is 0 Å². The van der Waals surface area contributed by atoms with Crippen molar-refractivity contribution in [2.24, 2.45) is 0 Å². The first-order valence-corrected chi connectivity index (χ1v) is 6.66. The van der Waals surface area contributed by atoms with E-state index in [1.54, 1.807) is 0 Å². The van der Waals surface area contributed by atoms with E-state index in [2.05, 4.69) is 5.32 Å². The first kappa shape index (κ1) is 14.7. The standard InChI is InChI=1S/C8H17N3O4S/c1-4-5-6-9-7(12)10-8(13)11(2)16(3,14)15/h4-6H2,1-3H3,(H2,9,10,12,13). The van der Waals surface area contributed by atoms with E-state index in [4.69, 9.17) is 0 Å². The average Bonchev–Trinajstić information content (AvgIpc) is 2.15. The highest BCUT2D eigenvalue weighted by atomic mass is 32.2. The summed E-state index contributed by atoms with van der Waals surface area (Å²) in [5.74, 6) is 0. The molecule has 8 heteroatoms. The molecule has 0 saturated heterocycles. The fraction of sp³-hybridized carbons (Fsp3) is 0.750. The van der Waals surface area contributed by atoms with Crippen LogP contribution in [0, 0.1) is 0 Å². The second-order valence-electron chi connectivity index (χ2n) is 3.27. The Balaban J connectivity index is 4.10. The summed E-state index contributed by atoms with van der Waals surface area (Å²) in [5, 5.41) is 4.33. The van der Waals surface area contributed by atoms with Crippen LogP contribution in [-0.4, -0.2) is 44.6 Å². The first-order chi connectivity index (χ1) is 7.29.